The second-order valence-corrected chi connectivity index (χ2v) is 9.91. The fourth-order valence-corrected chi connectivity index (χ4v) is 4.28. The monoisotopic (exact) mass is 534 g/mol. The largest absolute Gasteiger partial charge is 0.497 e. The average Bonchev–Trinajstić information content (AvgIpc) is 3.31. The summed E-state index contributed by atoms with van der Waals surface area (Å²) in [6.45, 7) is 0.528. The lowest BCUT2D eigenvalue weighted by atomic mass is 10.1. The van der Waals surface area contributed by atoms with Crippen molar-refractivity contribution < 1.29 is 27.4 Å². The molecule has 0 saturated heterocycles. The Hall–Kier alpha value is -3.66. The number of rotatable bonds is 10. The number of ether oxygens (including phenoxy) is 3. The smallest absolute Gasteiger partial charge is 0.268 e. The van der Waals surface area contributed by atoms with Crippen LogP contribution in [-0.2, 0) is 14.6 Å². The first-order valence-corrected chi connectivity index (χ1v) is 12.9. The Balaban J connectivity index is 1.58. The normalized spacial score (nSPS) is 11.4. The molecule has 0 aliphatic heterocycles. The first kappa shape index (κ1) is 26.0. The van der Waals surface area contributed by atoms with Crippen molar-refractivity contribution in [1.29, 1.82) is 5.26 Å². The van der Waals surface area contributed by atoms with Gasteiger partial charge in [0.05, 0.1) is 12.1 Å². The standard InChI is InChI=1S/C22H19ClN4O6S2/c1-31-16-4-6-17(7-5-16)32-9-10-33-19-8-3-14(12-18(19)23)11-15(13-24)20(28)25-21-26-22(27-34-21)35(2,29)30/h3-8,11-12H,9-10H2,1-2H3,(H,25,26,27,28). The van der Waals surface area contributed by atoms with Crippen molar-refractivity contribution >= 4 is 50.1 Å². The van der Waals surface area contributed by atoms with Gasteiger partial charge in [-0.1, -0.05) is 17.7 Å². The van der Waals surface area contributed by atoms with Crippen LogP contribution in [0.4, 0.5) is 5.13 Å². The molecule has 0 fully saturated rings. The number of carbonyl (C=O) groups excluding carboxylic acids is 1. The van der Waals surface area contributed by atoms with Crippen molar-refractivity contribution in [2.45, 2.75) is 5.16 Å². The molecule has 13 heteroatoms. The molecule has 2 aromatic carbocycles. The van der Waals surface area contributed by atoms with Crippen LogP contribution in [0.2, 0.25) is 5.02 Å². The molecule has 0 aliphatic carbocycles. The number of methoxy groups -OCH3 is 1. The summed E-state index contributed by atoms with van der Waals surface area (Å²) in [5.41, 5.74) is 0.247. The Morgan fingerprint density at radius 3 is 2.46 bits per heavy atom. The molecule has 0 aliphatic rings. The van der Waals surface area contributed by atoms with Crippen LogP contribution in [0.5, 0.6) is 17.2 Å². The van der Waals surface area contributed by atoms with E-state index in [1.54, 1.807) is 55.6 Å². The minimum Gasteiger partial charge on any atom is -0.497 e. The molecule has 0 saturated carbocycles. The van der Waals surface area contributed by atoms with Crippen molar-refractivity contribution in [3.05, 3.63) is 58.6 Å². The lowest BCUT2D eigenvalue weighted by Crippen LogP contribution is -2.13. The number of nitrogens with one attached hydrogen (secondary N) is 1. The Morgan fingerprint density at radius 2 is 1.86 bits per heavy atom. The molecule has 1 heterocycles. The summed E-state index contributed by atoms with van der Waals surface area (Å²) in [5.74, 6) is 1.04. The summed E-state index contributed by atoms with van der Waals surface area (Å²) < 4.78 is 42.9. The van der Waals surface area contributed by atoms with E-state index in [2.05, 4.69) is 14.7 Å². The van der Waals surface area contributed by atoms with Gasteiger partial charge in [0.2, 0.25) is 15.0 Å². The summed E-state index contributed by atoms with van der Waals surface area (Å²) in [4.78, 5) is 16.1. The minimum atomic E-state index is -3.61. The number of benzene rings is 2. The van der Waals surface area contributed by atoms with Gasteiger partial charge in [0.25, 0.3) is 11.1 Å². The van der Waals surface area contributed by atoms with Crippen LogP contribution < -0.4 is 19.5 Å². The zero-order valence-corrected chi connectivity index (χ0v) is 20.9. The van der Waals surface area contributed by atoms with Crippen LogP contribution in [0.1, 0.15) is 5.56 Å². The summed E-state index contributed by atoms with van der Waals surface area (Å²) in [6.07, 6.45) is 2.28. The maximum atomic E-state index is 12.4. The Bertz CT molecular complexity index is 1380. The molecule has 0 unspecified atom stereocenters. The minimum absolute atomic E-state index is 0.0461. The summed E-state index contributed by atoms with van der Waals surface area (Å²) in [6, 6.07) is 13.7. The predicted molar refractivity (Wildman–Crippen MR) is 131 cm³/mol. The third-order valence-corrected chi connectivity index (χ3v) is 6.15. The van der Waals surface area contributed by atoms with Crippen LogP contribution in [0.25, 0.3) is 6.08 Å². The SMILES string of the molecule is COc1ccc(OCCOc2ccc(C=C(C#N)C(=O)Nc3nc(S(C)(=O)=O)ns3)cc2Cl)cc1. The third-order valence-electron chi connectivity index (χ3n) is 4.26. The predicted octanol–water partition coefficient (Wildman–Crippen LogP) is 3.61. The number of hydrogen-bond donors (Lipinski definition) is 1. The van der Waals surface area contributed by atoms with Gasteiger partial charge in [-0.2, -0.15) is 14.6 Å². The zero-order valence-electron chi connectivity index (χ0n) is 18.5. The van der Waals surface area contributed by atoms with Crippen LogP contribution in [0, 0.1) is 11.3 Å². The highest BCUT2D eigenvalue weighted by atomic mass is 35.5. The van der Waals surface area contributed by atoms with Crippen molar-refractivity contribution in [2.75, 3.05) is 31.9 Å². The summed E-state index contributed by atoms with van der Waals surface area (Å²) >= 11 is 6.96. The van der Waals surface area contributed by atoms with Crippen LogP contribution in [0.15, 0.2) is 53.2 Å². The van der Waals surface area contributed by atoms with Gasteiger partial charge in [-0.15, -0.1) is 0 Å². The average molecular weight is 535 g/mol. The van der Waals surface area contributed by atoms with Gasteiger partial charge in [-0.3, -0.25) is 10.1 Å². The van der Waals surface area contributed by atoms with Crippen LogP contribution >= 0.6 is 23.1 Å². The van der Waals surface area contributed by atoms with E-state index in [1.165, 1.54) is 6.08 Å². The Labute approximate surface area is 210 Å². The fraction of sp³-hybridized carbons (Fsp3) is 0.182. The van der Waals surface area contributed by atoms with Crippen molar-refractivity contribution in [3.8, 4) is 23.3 Å². The van der Waals surface area contributed by atoms with Crippen molar-refractivity contribution in [3.63, 3.8) is 0 Å². The lowest BCUT2D eigenvalue weighted by molar-refractivity contribution is -0.112. The molecule has 1 N–H and O–H groups in total. The lowest BCUT2D eigenvalue weighted by Gasteiger charge is -2.10. The second kappa shape index (κ2) is 11.7. The van der Waals surface area contributed by atoms with E-state index in [-0.39, 0.29) is 28.9 Å². The number of aromatic nitrogens is 2. The van der Waals surface area contributed by atoms with Crippen LogP contribution in [0.3, 0.4) is 0 Å². The quantitative estimate of drug-likeness (QED) is 0.234. The van der Waals surface area contributed by atoms with E-state index in [4.69, 9.17) is 25.8 Å². The van der Waals surface area contributed by atoms with Crippen LogP contribution in [-0.4, -0.2) is 50.3 Å². The molecule has 0 radical (unpaired) electrons. The van der Waals surface area contributed by atoms with E-state index in [0.29, 0.717) is 28.6 Å². The van der Waals surface area contributed by atoms with Gasteiger partial charge in [-0.25, -0.2) is 8.42 Å². The Kier molecular flexibility index (Phi) is 8.64. The van der Waals surface area contributed by atoms with E-state index in [1.807, 2.05) is 0 Å². The topological polar surface area (TPSA) is 140 Å². The number of amides is 1. The van der Waals surface area contributed by atoms with Gasteiger partial charge in [0.1, 0.15) is 42.1 Å². The van der Waals surface area contributed by atoms with Gasteiger partial charge in [0, 0.05) is 17.8 Å². The van der Waals surface area contributed by atoms with E-state index in [9.17, 15) is 18.5 Å². The number of carbonyl (C=O) groups is 1. The molecule has 10 nitrogen and oxygen atoms in total. The van der Waals surface area contributed by atoms with Crippen molar-refractivity contribution in [2.24, 2.45) is 0 Å². The highest BCUT2D eigenvalue weighted by molar-refractivity contribution is 7.90. The molecule has 1 amide bonds. The molecule has 0 bridgehead atoms. The number of anilines is 1. The molecular weight excluding hydrogens is 516 g/mol. The first-order valence-electron chi connectivity index (χ1n) is 9.85. The van der Waals surface area contributed by atoms with Gasteiger partial charge >= 0.3 is 0 Å². The van der Waals surface area contributed by atoms with Gasteiger partial charge in [0.15, 0.2) is 0 Å². The molecule has 35 heavy (non-hydrogen) atoms. The zero-order chi connectivity index (χ0) is 25.4. The molecule has 1 aromatic heterocycles. The number of hydrogen-bond acceptors (Lipinski definition) is 10. The maximum Gasteiger partial charge on any atom is 0.268 e. The molecule has 0 atom stereocenters. The first-order chi connectivity index (χ1) is 16.7. The maximum absolute atomic E-state index is 12.4. The Morgan fingerprint density at radius 1 is 1.17 bits per heavy atom. The summed E-state index contributed by atoms with van der Waals surface area (Å²) in [7, 11) is -2.02. The highest BCUT2D eigenvalue weighted by Gasteiger charge is 2.17. The van der Waals surface area contributed by atoms with Crippen molar-refractivity contribution in [1.82, 2.24) is 9.36 Å². The number of nitrogens with zero attached hydrogens (tertiary/aromatic N) is 3. The number of nitriles is 1. The van der Waals surface area contributed by atoms with E-state index in [0.717, 1.165) is 12.0 Å². The van der Waals surface area contributed by atoms with Gasteiger partial charge in [-0.05, 0) is 48.0 Å². The second-order valence-electron chi connectivity index (χ2n) is 6.84. The molecular formula is C22H19ClN4O6S2. The van der Waals surface area contributed by atoms with E-state index >= 15 is 0 Å². The highest BCUT2D eigenvalue weighted by Crippen LogP contribution is 2.27. The molecule has 182 valence electrons. The third kappa shape index (κ3) is 7.41. The van der Waals surface area contributed by atoms with Gasteiger partial charge < -0.3 is 14.2 Å². The van der Waals surface area contributed by atoms with E-state index < -0.39 is 20.9 Å². The molecule has 0 spiro atoms. The summed E-state index contributed by atoms with van der Waals surface area (Å²) in [5, 5.41) is 11.6. The molecule has 3 aromatic rings. The number of halogens is 1. The fourth-order valence-electron chi connectivity index (χ4n) is 2.60. The molecule has 3 rings (SSSR count). The number of sulfone groups is 1.